The van der Waals surface area contributed by atoms with Crippen molar-refractivity contribution in [3.05, 3.63) is 0 Å². The van der Waals surface area contributed by atoms with Gasteiger partial charge >= 0.3 is 0 Å². The van der Waals surface area contributed by atoms with Crippen molar-refractivity contribution in [2.24, 2.45) is 5.92 Å². The van der Waals surface area contributed by atoms with Crippen molar-refractivity contribution in [1.29, 1.82) is 5.26 Å². The highest BCUT2D eigenvalue weighted by atomic mass is 28.2. The van der Waals surface area contributed by atoms with E-state index in [1.165, 1.54) is 12.5 Å². The van der Waals surface area contributed by atoms with Gasteiger partial charge in [0.15, 0.2) is 0 Å². The number of hydrogen-bond acceptors (Lipinski definition) is 2. The topological polar surface area (TPSA) is 33.0 Å². The van der Waals surface area contributed by atoms with E-state index in [1.807, 2.05) is 0 Å². The molecule has 0 aliphatic carbocycles. The molecule has 1 saturated heterocycles. The van der Waals surface area contributed by atoms with Crippen molar-refractivity contribution in [2.45, 2.75) is 44.8 Å². The molecule has 1 rings (SSSR count). The average molecular weight is 181 g/mol. The Hall–Kier alpha value is -0.333. The number of rotatable bonds is 3. The molecule has 2 unspecified atom stereocenters. The molecule has 2 nitrogen and oxygen atoms in total. The summed E-state index contributed by atoms with van der Waals surface area (Å²) in [6, 6.07) is 3.54. The van der Waals surface area contributed by atoms with Crippen molar-refractivity contribution in [1.82, 2.24) is 0 Å². The zero-order valence-corrected chi connectivity index (χ0v) is 8.55. The summed E-state index contributed by atoms with van der Waals surface area (Å²) in [6.07, 6.45) is 4.72. The van der Waals surface area contributed by atoms with Crippen LogP contribution in [-0.2, 0) is 4.43 Å². The molecule has 2 atom stereocenters. The molecule has 2 radical (unpaired) electrons. The molecule has 3 heteroatoms. The van der Waals surface area contributed by atoms with Gasteiger partial charge in [0.2, 0.25) is 9.76 Å². The highest BCUT2D eigenvalue weighted by Crippen LogP contribution is 2.20. The van der Waals surface area contributed by atoms with Crippen LogP contribution in [0.15, 0.2) is 0 Å². The lowest BCUT2D eigenvalue weighted by molar-refractivity contribution is 0.158. The maximum atomic E-state index is 8.75. The molecule has 66 valence electrons. The predicted molar refractivity (Wildman–Crippen MR) is 48.7 cm³/mol. The van der Waals surface area contributed by atoms with Gasteiger partial charge < -0.3 is 4.43 Å². The van der Waals surface area contributed by atoms with Crippen molar-refractivity contribution in [3.63, 3.8) is 0 Å². The number of nitriles is 1. The van der Waals surface area contributed by atoms with Gasteiger partial charge in [-0.15, -0.1) is 0 Å². The van der Waals surface area contributed by atoms with Gasteiger partial charge in [-0.05, 0) is 25.3 Å². The second-order valence-corrected chi connectivity index (χ2v) is 4.27. The van der Waals surface area contributed by atoms with E-state index in [4.69, 9.17) is 9.69 Å². The van der Waals surface area contributed by atoms with Gasteiger partial charge in [-0.1, -0.05) is 13.3 Å². The van der Waals surface area contributed by atoms with Gasteiger partial charge in [0.25, 0.3) is 0 Å². The summed E-state index contributed by atoms with van der Waals surface area (Å²) in [5, 5.41) is 8.75. The fraction of sp³-hybridized carbons (Fsp3) is 0.889. The summed E-state index contributed by atoms with van der Waals surface area (Å²) in [5.41, 5.74) is 0. The highest BCUT2D eigenvalue weighted by molar-refractivity contribution is 6.27. The Labute approximate surface area is 76.9 Å². The second-order valence-electron chi connectivity index (χ2n) is 3.25. The first-order valence-corrected chi connectivity index (χ1v) is 5.76. The summed E-state index contributed by atoms with van der Waals surface area (Å²) < 4.78 is 5.59. The fourth-order valence-electron chi connectivity index (χ4n) is 1.43. The van der Waals surface area contributed by atoms with Gasteiger partial charge in [-0.2, -0.15) is 5.26 Å². The summed E-state index contributed by atoms with van der Waals surface area (Å²) in [4.78, 5) is 0. The summed E-state index contributed by atoms with van der Waals surface area (Å²) in [5.74, 6) is 0.206. The molecule has 1 aliphatic rings. The first-order valence-electron chi connectivity index (χ1n) is 4.65. The molecular formula is C9H15NOSi. The van der Waals surface area contributed by atoms with Crippen LogP contribution >= 0.6 is 0 Å². The molecule has 0 aromatic heterocycles. The Bertz CT molecular complexity index is 160. The fourth-order valence-corrected chi connectivity index (χ4v) is 2.35. The van der Waals surface area contributed by atoms with Crippen LogP contribution in [0.4, 0.5) is 0 Å². The number of nitrogens with zero attached hydrogens (tertiary/aromatic N) is 1. The Morgan fingerprint density at radius 3 is 3.08 bits per heavy atom. The van der Waals surface area contributed by atoms with E-state index in [-0.39, 0.29) is 5.92 Å². The molecule has 0 aromatic rings. The number of hydrogen-bond donors (Lipinski definition) is 0. The van der Waals surface area contributed by atoms with E-state index >= 15 is 0 Å². The zero-order chi connectivity index (χ0) is 8.81. The van der Waals surface area contributed by atoms with Crippen LogP contribution in [0, 0.1) is 17.2 Å². The SMILES string of the molecule is CCC(C#N)CC1CCC[Si]O1. The normalized spacial score (nSPS) is 26.2. The quantitative estimate of drug-likeness (QED) is 0.625. The third-order valence-corrected chi connectivity index (χ3v) is 3.34. The summed E-state index contributed by atoms with van der Waals surface area (Å²) in [7, 11) is 0.675. The van der Waals surface area contributed by atoms with Gasteiger partial charge in [0.1, 0.15) is 0 Å². The smallest absolute Gasteiger partial charge is 0.230 e. The standard InChI is InChI=1S/C9H15NOSi/c1-2-8(7-10)6-9-4-3-5-12-11-9/h8-9H,2-6H2,1H3. The molecular weight excluding hydrogens is 166 g/mol. The monoisotopic (exact) mass is 181 g/mol. The predicted octanol–water partition coefficient (Wildman–Crippen LogP) is 2.14. The summed E-state index contributed by atoms with van der Waals surface area (Å²) >= 11 is 0. The van der Waals surface area contributed by atoms with Crippen LogP contribution in [0.5, 0.6) is 0 Å². The largest absolute Gasteiger partial charge is 0.415 e. The van der Waals surface area contributed by atoms with E-state index in [0.717, 1.165) is 19.3 Å². The molecule has 0 aromatic carbocycles. The Balaban J connectivity index is 2.24. The first kappa shape index (κ1) is 9.75. The van der Waals surface area contributed by atoms with Crippen LogP contribution in [0.25, 0.3) is 0 Å². The third-order valence-electron chi connectivity index (χ3n) is 2.28. The van der Waals surface area contributed by atoms with Crippen molar-refractivity contribution < 1.29 is 4.43 Å². The van der Waals surface area contributed by atoms with E-state index in [2.05, 4.69) is 13.0 Å². The van der Waals surface area contributed by atoms with Crippen LogP contribution in [0.1, 0.15) is 32.6 Å². The van der Waals surface area contributed by atoms with E-state index < -0.39 is 0 Å². The van der Waals surface area contributed by atoms with Crippen LogP contribution in [-0.4, -0.2) is 15.9 Å². The molecule has 1 heterocycles. The maximum Gasteiger partial charge on any atom is 0.230 e. The minimum absolute atomic E-state index is 0.206. The summed E-state index contributed by atoms with van der Waals surface area (Å²) in [6.45, 7) is 2.07. The van der Waals surface area contributed by atoms with Crippen molar-refractivity contribution in [2.75, 3.05) is 0 Å². The zero-order valence-electron chi connectivity index (χ0n) is 7.55. The van der Waals surface area contributed by atoms with Gasteiger partial charge in [-0.25, -0.2) is 0 Å². The molecule has 0 amide bonds. The molecule has 1 aliphatic heterocycles. The van der Waals surface area contributed by atoms with Crippen LogP contribution in [0.2, 0.25) is 6.04 Å². The highest BCUT2D eigenvalue weighted by Gasteiger charge is 2.18. The van der Waals surface area contributed by atoms with E-state index in [1.54, 1.807) is 0 Å². The Morgan fingerprint density at radius 2 is 2.58 bits per heavy atom. The lowest BCUT2D eigenvalue weighted by Gasteiger charge is -2.23. The third kappa shape index (κ3) is 2.96. The molecule has 0 N–H and O–H groups in total. The first-order chi connectivity index (χ1) is 5.86. The van der Waals surface area contributed by atoms with Crippen molar-refractivity contribution >= 4 is 9.76 Å². The van der Waals surface area contributed by atoms with Crippen LogP contribution < -0.4 is 0 Å². The molecule has 0 spiro atoms. The van der Waals surface area contributed by atoms with Crippen LogP contribution in [0.3, 0.4) is 0 Å². The second kappa shape index (κ2) is 5.34. The van der Waals surface area contributed by atoms with E-state index in [0.29, 0.717) is 15.9 Å². The van der Waals surface area contributed by atoms with Gasteiger partial charge in [0, 0.05) is 12.0 Å². The Morgan fingerprint density at radius 1 is 1.75 bits per heavy atom. The average Bonchev–Trinajstić information content (AvgIpc) is 2.16. The van der Waals surface area contributed by atoms with Gasteiger partial charge in [0.05, 0.1) is 6.07 Å². The molecule has 1 fully saturated rings. The lowest BCUT2D eigenvalue weighted by atomic mass is 9.98. The van der Waals surface area contributed by atoms with Crippen molar-refractivity contribution in [3.8, 4) is 6.07 Å². The minimum Gasteiger partial charge on any atom is -0.415 e. The van der Waals surface area contributed by atoms with Gasteiger partial charge in [-0.3, -0.25) is 0 Å². The molecule has 12 heavy (non-hydrogen) atoms. The lowest BCUT2D eigenvalue weighted by Crippen LogP contribution is -2.23. The molecule has 0 saturated carbocycles. The Kier molecular flexibility index (Phi) is 4.34. The minimum atomic E-state index is 0.206. The van der Waals surface area contributed by atoms with E-state index in [9.17, 15) is 0 Å². The molecule has 0 bridgehead atoms. The maximum absolute atomic E-state index is 8.75.